The molecule has 3 rings (SSSR count). The van der Waals surface area contributed by atoms with Gasteiger partial charge in [-0.1, -0.05) is 28.1 Å². The van der Waals surface area contributed by atoms with Gasteiger partial charge in [-0.2, -0.15) is 5.10 Å². The van der Waals surface area contributed by atoms with Gasteiger partial charge in [-0.3, -0.25) is 14.7 Å². The van der Waals surface area contributed by atoms with Gasteiger partial charge in [0.05, 0.1) is 0 Å². The normalized spacial score (nSPS) is 13.8. The quantitative estimate of drug-likeness (QED) is 0.810. The fraction of sp³-hybridized carbons (Fsp3) is 0.312. The minimum absolute atomic E-state index is 0.218. The van der Waals surface area contributed by atoms with Gasteiger partial charge in [0.25, 0.3) is 5.91 Å². The molecular weight excluding hydrogens is 362 g/mol. The fourth-order valence-electron chi connectivity index (χ4n) is 2.43. The van der Waals surface area contributed by atoms with Crippen molar-refractivity contribution in [3.05, 3.63) is 51.8 Å². The zero-order valence-corrected chi connectivity index (χ0v) is 13.9. The van der Waals surface area contributed by atoms with Gasteiger partial charge in [-0.25, -0.2) is 0 Å². The zero-order chi connectivity index (χ0) is 16.4. The molecule has 1 heterocycles. The number of carboxylic acids is 1. The Morgan fingerprint density at radius 2 is 2.13 bits per heavy atom. The number of carbonyl (C=O) groups is 2. The highest BCUT2D eigenvalue weighted by Crippen LogP contribution is 2.39. The lowest BCUT2D eigenvalue weighted by Gasteiger charge is -2.19. The molecule has 0 aliphatic heterocycles. The van der Waals surface area contributed by atoms with Crippen molar-refractivity contribution < 1.29 is 14.7 Å². The molecule has 0 spiro atoms. The molecule has 120 valence electrons. The molecule has 1 saturated carbocycles. The smallest absolute Gasteiger partial charge is 0.323 e. The Labute approximate surface area is 141 Å². The van der Waals surface area contributed by atoms with E-state index in [4.69, 9.17) is 5.11 Å². The van der Waals surface area contributed by atoms with E-state index < -0.39 is 5.97 Å². The molecule has 0 saturated heterocycles. The number of aromatic nitrogens is 2. The summed E-state index contributed by atoms with van der Waals surface area (Å²) in [7, 11) is 0. The highest BCUT2D eigenvalue weighted by molar-refractivity contribution is 9.10. The van der Waals surface area contributed by atoms with Gasteiger partial charge < -0.3 is 10.0 Å². The van der Waals surface area contributed by atoms with Crippen LogP contribution in [0, 0.1) is 0 Å². The van der Waals surface area contributed by atoms with E-state index in [1.54, 1.807) is 6.07 Å². The molecule has 2 aromatic rings. The Kier molecular flexibility index (Phi) is 4.47. The van der Waals surface area contributed by atoms with Gasteiger partial charge in [-0.15, -0.1) is 0 Å². The highest BCUT2D eigenvalue weighted by atomic mass is 79.9. The van der Waals surface area contributed by atoms with Gasteiger partial charge in [0.2, 0.25) is 0 Å². The van der Waals surface area contributed by atoms with Crippen molar-refractivity contribution >= 4 is 27.8 Å². The molecule has 1 fully saturated rings. The second-order valence-corrected chi connectivity index (χ2v) is 6.58. The lowest BCUT2D eigenvalue weighted by atomic mass is 10.2. The van der Waals surface area contributed by atoms with Crippen molar-refractivity contribution in [2.45, 2.75) is 25.3 Å². The molecule has 1 amide bonds. The van der Waals surface area contributed by atoms with Crippen molar-refractivity contribution in [3.8, 4) is 0 Å². The number of aliphatic carboxylic acids is 1. The average Bonchev–Trinajstić information content (AvgIpc) is 3.23. The maximum atomic E-state index is 12.6. The fourth-order valence-corrected chi connectivity index (χ4v) is 2.88. The largest absolute Gasteiger partial charge is 0.480 e. The number of nitrogens with one attached hydrogen (secondary N) is 1. The first-order valence-corrected chi connectivity index (χ1v) is 8.13. The van der Waals surface area contributed by atoms with E-state index in [2.05, 4.69) is 26.1 Å². The zero-order valence-electron chi connectivity index (χ0n) is 12.3. The van der Waals surface area contributed by atoms with Gasteiger partial charge >= 0.3 is 5.97 Å². The number of rotatable bonds is 6. The van der Waals surface area contributed by atoms with Crippen LogP contribution in [0.25, 0.3) is 0 Å². The SMILES string of the molecule is O=C(O)CN(Cc1cccc(Br)c1)C(=O)c1cc(C2CC2)[nH]n1. The predicted octanol–water partition coefficient (Wildman–Crippen LogP) is 2.78. The van der Waals surface area contributed by atoms with Crippen LogP contribution in [0.4, 0.5) is 0 Å². The number of nitrogens with zero attached hydrogens (tertiary/aromatic N) is 2. The minimum atomic E-state index is -1.05. The molecule has 1 aromatic heterocycles. The monoisotopic (exact) mass is 377 g/mol. The van der Waals surface area contributed by atoms with Crippen LogP contribution in [0.15, 0.2) is 34.8 Å². The molecule has 0 unspecified atom stereocenters. The molecule has 6 nitrogen and oxygen atoms in total. The third-order valence-corrected chi connectivity index (χ3v) is 4.20. The summed E-state index contributed by atoms with van der Waals surface area (Å²) in [6.07, 6.45) is 2.21. The van der Waals surface area contributed by atoms with Crippen LogP contribution < -0.4 is 0 Å². The van der Waals surface area contributed by atoms with Crippen LogP contribution in [-0.2, 0) is 11.3 Å². The number of carboxylic acid groups (broad SMARTS) is 1. The first-order chi connectivity index (χ1) is 11.0. The van der Waals surface area contributed by atoms with Crippen molar-refractivity contribution in [2.75, 3.05) is 6.54 Å². The van der Waals surface area contributed by atoms with Crippen LogP contribution >= 0.6 is 15.9 Å². The van der Waals surface area contributed by atoms with Crippen LogP contribution in [-0.4, -0.2) is 38.6 Å². The summed E-state index contributed by atoms with van der Waals surface area (Å²) >= 11 is 3.37. The van der Waals surface area contributed by atoms with E-state index in [0.29, 0.717) is 5.92 Å². The Morgan fingerprint density at radius 3 is 2.78 bits per heavy atom. The van der Waals surface area contributed by atoms with E-state index in [1.807, 2.05) is 24.3 Å². The third-order valence-electron chi connectivity index (χ3n) is 3.71. The number of carbonyl (C=O) groups excluding carboxylic acids is 1. The average molecular weight is 378 g/mol. The highest BCUT2D eigenvalue weighted by Gasteiger charge is 2.28. The Bertz CT molecular complexity index is 740. The number of amides is 1. The first-order valence-electron chi connectivity index (χ1n) is 7.34. The lowest BCUT2D eigenvalue weighted by molar-refractivity contribution is -0.137. The molecule has 1 aliphatic carbocycles. The maximum absolute atomic E-state index is 12.6. The van der Waals surface area contributed by atoms with Crippen LogP contribution in [0.1, 0.15) is 40.5 Å². The minimum Gasteiger partial charge on any atom is -0.480 e. The number of halogens is 1. The molecule has 1 aromatic carbocycles. The maximum Gasteiger partial charge on any atom is 0.323 e. The van der Waals surface area contributed by atoms with Crippen LogP contribution in [0.2, 0.25) is 0 Å². The van der Waals surface area contributed by atoms with Crippen LogP contribution in [0.3, 0.4) is 0 Å². The summed E-state index contributed by atoms with van der Waals surface area (Å²) < 4.78 is 0.883. The summed E-state index contributed by atoms with van der Waals surface area (Å²) in [5.74, 6) is -0.969. The van der Waals surface area contributed by atoms with Crippen molar-refractivity contribution in [1.29, 1.82) is 0 Å². The van der Waals surface area contributed by atoms with Gasteiger partial charge in [0, 0.05) is 22.6 Å². The van der Waals surface area contributed by atoms with E-state index in [0.717, 1.165) is 28.6 Å². The molecule has 0 bridgehead atoms. The second-order valence-electron chi connectivity index (χ2n) is 5.67. The number of benzene rings is 1. The molecular formula is C16H16BrN3O3. The Morgan fingerprint density at radius 1 is 1.35 bits per heavy atom. The van der Waals surface area contributed by atoms with E-state index in [-0.39, 0.29) is 24.7 Å². The van der Waals surface area contributed by atoms with Crippen molar-refractivity contribution in [1.82, 2.24) is 15.1 Å². The molecule has 0 radical (unpaired) electrons. The Hall–Kier alpha value is -2.15. The molecule has 2 N–H and O–H groups in total. The molecule has 0 atom stereocenters. The Balaban J connectivity index is 1.79. The summed E-state index contributed by atoms with van der Waals surface area (Å²) in [4.78, 5) is 25.0. The molecule has 1 aliphatic rings. The summed E-state index contributed by atoms with van der Waals surface area (Å²) in [6.45, 7) is -0.146. The summed E-state index contributed by atoms with van der Waals surface area (Å²) in [6, 6.07) is 9.18. The molecule has 7 heteroatoms. The standard InChI is InChI=1S/C16H16BrN3O3/c17-12-3-1-2-10(6-12)8-20(9-15(21)22)16(23)14-7-13(18-19-14)11-4-5-11/h1-3,6-7,11H,4-5,8-9H2,(H,18,19)(H,21,22). The van der Waals surface area contributed by atoms with Crippen molar-refractivity contribution in [3.63, 3.8) is 0 Å². The first kappa shape index (κ1) is 15.7. The van der Waals surface area contributed by atoms with E-state index in [1.165, 1.54) is 4.90 Å². The van der Waals surface area contributed by atoms with Gasteiger partial charge in [0.1, 0.15) is 12.2 Å². The number of aromatic amines is 1. The van der Waals surface area contributed by atoms with E-state index in [9.17, 15) is 9.59 Å². The third kappa shape index (κ3) is 3.98. The summed E-state index contributed by atoms with van der Waals surface area (Å²) in [5.41, 5.74) is 2.07. The predicted molar refractivity (Wildman–Crippen MR) is 87.1 cm³/mol. The van der Waals surface area contributed by atoms with Gasteiger partial charge in [-0.05, 0) is 36.6 Å². The second kappa shape index (κ2) is 6.54. The number of H-pyrrole nitrogens is 1. The van der Waals surface area contributed by atoms with E-state index >= 15 is 0 Å². The molecule has 23 heavy (non-hydrogen) atoms. The topological polar surface area (TPSA) is 86.3 Å². The van der Waals surface area contributed by atoms with Crippen LogP contribution in [0.5, 0.6) is 0 Å². The lowest BCUT2D eigenvalue weighted by Crippen LogP contribution is -2.35. The van der Waals surface area contributed by atoms with Gasteiger partial charge in [0.15, 0.2) is 0 Å². The number of hydrogen-bond donors (Lipinski definition) is 2. The summed E-state index contributed by atoms with van der Waals surface area (Å²) in [5, 5.41) is 16.0. The number of hydrogen-bond acceptors (Lipinski definition) is 3. The van der Waals surface area contributed by atoms with Crippen molar-refractivity contribution in [2.24, 2.45) is 0 Å².